The average molecular weight is 346 g/mol. The minimum Gasteiger partial charge on any atom is -0.384 e. The van der Waals surface area contributed by atoms with Crippen LogP contribution in [0.3, 0.4) is 0 Å². The summed E-state index contributed by atoms with van der Waals surface area (Å²) in [6.07, 6.45) is 0. The summed E-state index contributed by atoms with van der Waals surface area (Å²) >= 11 is 0. The smallest absolute Gasteiger partial charge is 0.170 e. The van der Waals surface area contributed by atoms with E-state index in [2.05, 4.69) is 4.98 Å². The summed E-state index contributed by atoms with van der Waals surface area (Å²) < 4.78 is 0. The van der Waals surface area contributed by atoms with Gasteiger partial charge >= 0.3 is 0 Å². The lowest BCUT2D eigenvalue weighted by molar-refractivity contribution is 0.0859. The second-order valence-corrected chi connectivity index (χ2v) is 7.51. The van der Waals surface area contributed by atoms with Gasteiger partial charge in [-0.3, -0.25) is 9.59 Å². The zero-order valence-corrected chi connectivity index (χ0v) is 15.5. The van der Waals surface area contributed by atoms with E-state index in [0.717, 1.165) is 16.5 Å². The van der Waals surface area contributed by atoms with Crippen LogP contribution in [0.15, 0.2) is 48.5 Å². The van der Waals surface area contributed by atoms with Crippen LogP contribution in [0.4, 0.5) is 5.82 Å². The zero-order valence-electron chi connectivity index (χ0n) is 15.5. The van der Waals surface area contributed by atoms with Crippen LogP contribution in [0.5, 0.6) is 0 Å². The molecule has 0 amide bonds. The number of nitrogen functional groups attached to an aromatic ring is 1. The predicted molar refractivity (Wildman–Crippen MR) is 105 cm³/mol. The number of carbonyl (C=O) groups excluding carboxylic acids is 2. The van der Waals surface area contributed by atoms with Crippen LogP contribution < -0.4 is 5.73 Å². The summed E-state index contributed by atoms with van der Waals surface area (Å²) in [5, 5.41) is 0.866. The number of ketones is 2. The highest BCUT2D eigenvalue weighted by atomic mass is 16.1. The Kier molecular flexibility index (Phi) is 4.36. The molecule has 3 rings (SSSR count). The first kappa shape index (κ1) is 17.8. The molecule has 1 heterocycles. The molecule has 0 radical (unpaired) electrons. The molecule has 0 aliphatic carbocycles. The topological polar surface area (TPSA) is 73.0 Å². The standard InChI is InChI=1S/C22H22N2O2/c1-13(25)14-5-7-15(8-6-14)16-9-10-18(21(26)22(2,3)4)20-17(16)11-12-19(23)24-20/h5-12H,1-4H3,(H2,23,24). The first-order valence-electron chi connectivity index (χ1n) is 8.54. The highest BCUT2D eigenvalue weighted by Crippen LogP contribution is 2.33. The van der Waals surface area contributed by atoms with Crippen molar-refractivity contribution in [3.63, 3.8) is 0 Å². The van der Waals surface area contributed by atoms with E-state index in [1.54, 1.807) is 13.0 Å². The van der Waals surface area contributed by atoms with Crippen molar-refractivity contribution < 1.29 is 9.59 Å². The molecule has 4 nitrogen and oxygen atoms in total. The number of Topliss-reactive ketones (excluding diaryl/α,β-unsaturated/α-hetero) is 2. The molecule has 0 aliphatic heterocycles. The molecule has 0 spiro atoms. The van der Waals surface area contributed by atoms with Gasteiger partial charge in [-0.1, -0.05) is 51.1 Å². The van der Waals surface area contributed by atoms with E-state index < -0.39 is 5.41 Å². The van der Waals surface area contributed by atoms with Crippen molar-refractivity contribution in [3.8, 4) is 11.1 Å². The van der Waals surface area contributed by atoms with Crippen LogP contribution in [-0.2, 0) is 0 Å². The lowest BCUT2D eigenvalue weighted by atomic mass is 9.84. The maximum atomic E-state index is 12.8. The van der Waals surface area contributed by atoms with Crippen molar-refractivity contribution in [1.29, 1.82) is 0 Å². The van der Waals surface area contributed by atoms with Gasteiger partial charge in [-0.15, -0.1) is 0 Å². The third kappa shape index (κ3) is 3.23. The Labute approximate surface area is 153 Å². The van der Waals surface area contributed by atoms with Gasteiger partial charge in [0.15, 0.2) is 11.6 Å². The molecule has 2 N–H and O–H groups in total. The molecule has 3 aromatic rings. The van der Waals surface area contributed by atoms with Crippen molar-refractivity contribution >= 4 is 28.3 Å². The van der Waals surface area contributed by atoms with Gasteiger partial charge in [0, 0.05) is 21.9 Å². The molecule has 4 heteroatoms. The summed E-state index contributed by atoms with van der Waals surface area (Å²) in [4.78, 5) is 28.8. The first-order valence-corrected chi connectivity index (χ1v) is 8.54. The van der Waals surface area contributed by atoms with Gasteiger partial charge in [0.25, 0.3) is 0 Å². The number of aromatic nitrogens is 1. The summed E-state index contributed by atoms with van der Waals surface area (Å²) in [6.45, 7) is 7.22. The maximum absolute atomic E-state index is 12.8. The van der Waals surface area contributed by atoms with E-state index in [4.69, 9.17) is 5.73 Å². The van der Waals surface area contributed by atoms with Crippen molar-refractivity contribution in [2.45, 2.75) is 27.7 Å². The van der Waals surface area contributed by atoms with E-state index in [9.17, 15) is 9.59 Å². The molecule has 132 valence electrons. The minimum absolute atomic E-state index is 0.0269. The van der Waals surface area contributed by atoms with Gasteiger partial charge in [-0.25, -0.2) is 4.98 Å². The normalized spacial score (nSPS) is 11.5. The predicted octanol–water partition coefficient (Wildman–Crippen LogP) is 4.92. The third-order valence-electron chi connectivity index (χ3n) is 4.41. The Balaban J connectivity index is 2.23. The Morgan fingerprint density at radius 2 is 1.58 bits per heavy atom. The van der Waals surface area contributed by atoms with Crippen molar-refractivity contribution in [3.05, 3.63) is 59.7 Å². The molecule has 26 heavy (non-hydrogen) atoms. The van der Waals surface area contributed by atoms with E-state index >= 15 is 0 Å². The Hall–Kier alpha value is -3.01. The van der Waals surface area contributed by atoms with Crippen molar-refractivity contribution in [1.82, 2.24) is 4.98 Å². The van der Waals surface area contributed by atoms with Gasteiger partial charge < -0.3 is 5.73 Å². The molecule has 0 fully saturated rings. The molecule has 0 atom stereocenters. The first-order chi connectivity index (χ1) is 12.2. The van der Waals surface area contributed by atoms with Gasteiger partial charge in [0.05, 0.1) is 5.52 Å². The SMILES string of the molecule is CC(=O)c1ccc(-c2ccc(C(=O)C(C)(C)C)c3nc(N)ccc23)cc1. The highest BCUT2D eigenvalue weighted by molar-refractivity contribution is 6.12. The van der Waals surface area contributed by atoms with Crippen LogP contribution in [0.1, 0.15) is 48.4 Å². The number of pyridine rings is 1. The second-order valence-electron chi connectivity index (χ2n) is 7.51. The average Bonchev–Trinajstić information content (AvgIpc) is 2.59. The van der Waals surface area contributed by atoms with Crippen molar-refractivity contribution in [2.24, 2.45) is 5.41 Å². The van der Waals surface area contributed by atoms with E-state index in [-0.39, 0.29) is 11.6 Å². The fraction of sp³-hybridized carbons (Fsp3) is 0.227. The largest absolute Gasteiger partial charge is 0.384 e. The minimum atomic E-state index is -0.510. The molecular weight excluding hydrogens is 324 g/mol. The molecular formula is C22H22N2O2. The quantitative estimate of drug-likeness (QED) is 0.684. The Morgan fingerprint density at radius 3 is 2.15 bits per heavy atom. The highest BCUT2D eigenvalue weighted by Gasteiger charge is 2.25. The zero-order chi connectivity index (χ0) is 19.1. The molecule has 0 aliphatic rings. The number of fused-ring (bicyclic) bond motifs is 1. The molecule has 0 saturated heterocycles. The van der Waals surface area contributed by atoms with E-state index in [1.807, 2.05) is 63.2 Å². The van der Waals surface area contributed by atoms with Crippen molar-refractivity contribution in [2.75, 3.05) is 5.73 Å². The summed E-state index contributed by atoms with van der Waals surface area (Å²) in [7, 11) is 0. The number of nitrogens with zero attached hydrogens (tertiary/aromatic N) is 1. The van der Waals surface area contributed by atoms with Crippen LogP contribution in [-0.4, -0.2) is 16.6 Å². The lowest BCUT2D eigenvalue weighted by Gasteiger charge is -2.19. The number of hydrogen-bond donors (Lipinski definition) is 1. The summed E-state index contributed by atoms with van der Waals surface area (Å²) in [5.74, 6) is 0.436. The summed E-state index contributed by atoms with van der Waals surface area (Å²) in [5.41, 5.74) is 9.13. The fourth-order valence-electron chi connectivity index (χ4n) is 2.96. The van der Waals surface area contributed by atoms with E-state index in [0.29, 0.717) is 22.5 Å². The molecule has 0 unspecified atom stereocenters. The Morgan fingerprint density at radius 1 is 0.923 bits per heavy atom. The number of carbonyl (C=O) groups is 2. The monoisotopic (exact) mass is 346 g/mol. The molecule has 0 saturated carbocycles. The molecule has 2 aromatic carbocycles. The number of benzene rings is 2. The number of rotatable bonds is 3. The number of anilines is 1. The van der Waals surface area contributed by atoms with Crippen LogP contribution in [0.2, 0.25) is 0 Å². The Bertz CT molecular complexity index is 1010. The van der Waals surface area contributed by atoms with Crippen LogP contribution in [0, 0.1) is 5.41 Å². The molecule has 1 aromatic heterocycles. The van der Waals surface area contributed by atoms with Gasteiger partial charge in [-0.05, 0) is 36.2 Å². The van der Waals surface area contributed by atoms with Gasteiger partial charge in [0.1, 0.15) is 5.82 Å². The number of hydrogen-bond acceptors (Lipinski definition) is 4. The van der Waals surface area contributed by atoms with Gasteiger partial charge in [0.2, 0.25) is 0 Å². The maximum Gasteiger partial charge on any atom is 0.170 e. The number of nitrogens with two attached hydrogens (primary N) is 1. The molecule has 0 bridgehead atoms. The van der Waals surface area contributed by atoms with E-state index in [1.165, 1.54) is 0 Å². The van der Waals surface area contributed by atoms with Gasteiger partial charge in [-0.2, -0.15) is 0 Å². The fourth-order valence-corrected chi connectivity index (χ4v) is 2.96. The summed E-state index contributed by atoms with van der Waals surface area (Å²) in [6, 6.07) is 14.8. The van der Waals surface area contributed by atoms with Crippen LogP contribution in [0.25, 0.3) is 22.0 Å². The lowest BCUT2D eigenvalue weighted by Crippen LogP contribution is -2.20. The van der Waals surface area contributed by atoms with Crippen LogP contribution >= 0.6 is 0 Å². The third-order valence-corrected chi connectivity index (χ3v) is 4.41. The second kappa shape index (κ2) is 6.37.